The van der Waals surface area contributed by atoms with E-state index in [1.165, 1.54) is 19.2 Å². The van der Waals surface area contributed by atoms with E-state index in [1.807, 2.05) is 6.92 Å². The Hall–Kier alpha value is -2.36. The van der Waals surface area contributed by atoms with Crippen molar-refractivity contribution in [1.29, 1.82) is 0 Å². The van der Waals surface area contributed by atoms with Gasteiger partial charge in [0.1, 0.15) is 18.7 Å². The third-order valence-electron chi connectivity index (χ3n) is 3.01. The number of aryl methyl sites for hydroxylation is 1. The molecule has 0 aliphatic carbocycles. The molecule has 0 N–H and O–H groups in total. The molecule has 0 aliphatic heterocycles. The summed E-state index contributed by atoms with van der Waals surface area (Å²) in [6.07, 6.45) is 0.746. The number of ether oxygens (including phenoxy) is 2. The number of carbonyl (C=O) groups is 1. The molecule has 0 saturated heterocycles. The number of hydrogen-bond acceptors (Lipinski definition) is 3. The summed E-state index contributed by atoms with van der Waals surface area (Å²) in [5, 5.41) is 0. The Morgan fingerprint density at radius 1 is 1.15 bits per heavy atom. The quantitative estimate of drug-likeness (QED) is 0.782. The molecule has 4 heteroatoms. The van der Waals surface area contributed by atoms with Crippen LogP contribution >= 0.6 is 0 Å². The summed E-state index contributed by atoms with van der Waals surface area (Å²) in [6, 6.07) is 9.50. The van der Waals surface area contributed by atoms with Gasteiger partial charge < -0.3 is 9.47 Å². The van der Waals surface area contributed by atoms with Crippen LogP contribution in [0.5, 0.6) is 11.5 Å². The van der Waals surface area contributed by atoms with E-state index >= 15 is 0 Å². The van der Waals surface area contributed by atoms with Crippen LogP contribution in [0.2, 0.25) is 0 Å². The number of hydrogen-bond donors (Lipinski definition) is 0. The van der Waals surface area contributed by atoms with E-state index in [-0.39, 0.29) is 5.82 Å². The third-order valence-corrected chi connectivity index (χ3v) is 3.01. The molecule has 0 spiro atoms. The molecule has 0 saturated carbocycles. The zero-order chi connectivity index (χ0) is 14.5. The molecule has 0 unspecified atom stereocenters. The van der Waals surface area contributed by atoms with Gasteiger partial charge in [-0.1, -0.05) is 6.07 Å². The van der Waals surface area contributed by atoms with E-state index < -0.39 is 0 Å². The van der Waals surface area contributed by atoms with Crippen molar-refractivity contribution < 1.29 is 18.7 Å². The Kier molecular flexibility index (Phi) is 4.35. The molecule has 0 atom stereocenters. The maximum Gasteiger partial charge on any atom is 0.161 e. The van der Waals surface area contributed by atoms with Crippen molar-refractivity contribution >= 4 is 6.29 Å². The molecule has 0 bridgehead atoms. The Morgan fingerprint density at radius 2 is 1.95 bits per heavy atom. The largest absolute Gasteiger partial charge is 0.493 e. The Morgan fingerprint density at radius 3 is 2.60 bits per heavy atom. The van der Waals surface area contributed by atoms with Crippen molar-refractivity contribution in [2.75, 3.05) is 7.11 Å². The maximum absolute atomic E-state index is 13.0. The summed E-state index contributed by atoms with van der Waals surface area (Å²) in [6.45, 7) is 2.14. The Labute approximate surface area is 117 Å². The molecule has 104 valence electrons. The van der Waals surface area contributed by atoms with Gasteiger partial charge in [0.15, 0.2) is 11.5 Å². The molecule has 0 radical (unpaired) electrons. The smallest absolute Gasteiger partial charge is 0.161 e. The van der Waals surface area contributed by atoms with E-state index in [1.54, 1.807) is 24.3 Å². The molecule has 0 heterocycles. The van der Waals surface area contributed by atoms with Gasteiger partial charge in [0.25, 0.3) is 0 Å². The first-order valence-electron chi connectivity index (χ1n) is 6.15. The minimum Gasteiger partial charge on any atom is -0.493 e. The highest BCUT2D eigenvalue weighted by Gasteiger charge is 2.07. The van der Waals surface area contributed by atoms with E-state index in [0.717, 1.165) is 17.4 Å². The van der Waals surface area contributed by atoms with Crippen LogP contribution in [0.25, 0.3) is 0 Å². The van der Waals surface area contributed by atoms with Gasteiger partial charge in [-0.25, -0.2) is 4.39 Å². The van der Waals surface area contributed by atoms with Gasteiger partial charge in [0.2, 0.25) is 0 Å². The van der Waals surface area contributed by atoms with Gasteiger partial charge >= 0.3 is 0 Å². The first-order chi connectivity index (χ1) is 9.63. The summed E-state index contributed by atoms with van der Waals surface area (Å²) < 4.78 is 23.9. The van der Waals surface area contributed by atoms with Crippen LogP contribution in [0, 0.1) is 12.7 Å². The predicted molar refractivity (Wildman–Crippen MR) is 73.9 cm³/mol. The summed E-state index contributed by atoms with van der Waals surface area (Å²) in [4.78, 5) is 10.7. The van der Waals surface area contributed by atoms with Crippen molar-refractivity contribution in [3.8, 4) is 11.5 Å². The van der Waals surface area contributed by atoms with Crippen molar-refractivity contribution in [3.05, 3.63) is 58.9 Å². The molecule has 20 heavy (non-hydrogen) atoms. The molecule has 0 aromatic heterocycles. The molecular weight excluding hydrogens is 259 g/mol. The van der Waals surface area contributed by atoms with Crippen molar-refractivity contribution in [3.63, 3.8) is 0 Å². The summed E-state index contributed by atoms with van der Waals surface area (Å²) in [5.41, 5.74) is 2.24. The zero-order valence-corrected chi connectivity index (χ0v) is 11.4. The van der Waals surface area contributed by atoms with Crippen LogP contribution in [0.3, 0.4) is 0 Å². The maximum atomic E-state index is 13.0. The van der Waals surface area contributed by atoms with Crippen molar-refractivity contribution in [2.24, 2.45) is 0 Å². The SMILES string of the molecule is COc1cc(C=O)ccc1OCc1ccc(F)cc1C. The summed E-state index contributed by atoms with van der Waals surface area (Å²) in [5.74, 6) is 0.773. The average Bonchev–Trinajstić information content (AvgIpc) is 2.46. The fourth-order valence-corrected chi connectivity index (χ4v) is 1.85. The van der Waals surface area contributed by atoms with Gasteiger partial charge in [-0.3, -0.25) is 4.79 Å². The standard InChI is InChI=1S/C16H15FO3/c1-11-7-14(17)5-4-13(11)10-20-15-6-3-12(9-18)8-16(15)19-2/h3-9H,10H2,1-2H3. The van der Waals surface area contributed by atoms with Gasteiger partial charge in [0, 0.05) is 5.56 Å². The van der Waals surface area contributed by atoms with Gasteiger partial charge in [-0.15, -0.1) is 0 Å². The van der Waals surface area contributed by atoms with E-state index in [2.05, 4.69) is 0 Å². The number of methoxy groups -OCH3 is 1. The van der Waals surface area contributed by atoms with Gasteiger partial charge in [-0.2, -0.15) is 0 Å². The topological polar surface area (TPSA) is 35.5 Å². The number of rotatable bonds is 5. The van der Waals surface area contributed by atoms with Crippen LogP contribution in [-0.4, -0.2) is 13.4 Å². The fraction of sp³-hybridized carbons (Fsp3) is 0.188. The number of carbonyl (C=O) groups excluding carboxylic acids is 1. The summed E-state index contributed by atoms with van der Waals surface area (Å²) >= 11 is 0. The lowest BCUT2D eigenvalue weighted by Gasteiger charge is -2.12. The molecule has 2 aromatic carbocycles. The Balaban J connectivity index is 2.16. The lowest BCUT2D eigenvalue weighted by atomic mass is 10.1. The second kappa shape index (κ2) is 6.19. The molecule has 2 rings (SSSR count). The Bertz CT molecular complexity index is 623. The number of aldehydes is 1. The minimum absolute atomic E-state index is 0.265. The second-order valence-corrected chi connectivity index (χ2v) is 4.39. The lowest BCUT2D eigenvalue weighted by molar-refractivity contribution is 0.112. The molecule has 0 amide bonds. The highest BCUT2D eigenvalue weighted by molar-refractivity contribution is 5.76. The average molecular weight is 274 g/mol. The number of halogens is 1. The van der Waals surface area contributed by atoms with Crippen LogP contribution < -0.4 is 9.47 Å². The summed E-state index contributed by atoms with van der Waals surface area (Å²) in [7, 11) is 1.51. The molecule has 0 fully saturated rings. The highest BCUT2D eigenvalue weighted by atomic mass is 19.1. The van der Waals surface area contributed by atoms with Crippen LogP contribution in [-0.2, 0) is 6.61 Å². The molecule has 2 aromatic rings. The van der Waals surface area contributed by atoms with Crippen molar-refractivity contribution in [1.82, 2.24) is 0 Å². The third kappa shape index (κ3) is 3.15. The first-order valence-corrected chi connectivity index (χ1v) is 6.15. The lowest BCUT2D eigenvalue weighted by Crippen LogP contribution is -2.00. The minimum atomic E-state index is -0.265. The van der Waals surface area contributed by atoms with Crippen LogP contribution in [0.4, 0.5) is 4.39 Å². The molecule has 0 aliphatic rings. The van der Waals surface area contributed by atoms with E-state index in [4.69, 9.17) is 9.47 Å². The van der Waals surface area contributed by atoms with Crippen LogP contribution in [0.1, 0.15) is 21.5 Å². The van der Waals surface area contributed by atoms with Crippen molar-refractivity contribution in [2.45, 2.75) is 13.5 Å². The zero-order valence-electron chi connectivity index (χ0n) is 11.4. The van der Waals surface area contributed by atoms with E-state index in [0.29, 0.717) is 23.7 Å². The fourth-order valence-electron chi connectivity index (χ4n) is 1.85. The van der Waals surface area contributed by atoms with Gasteiger partial charge in [0.05, 0.1) is 7.11 Å². The van der Waals surface area contributed by atoms with Crippen LogP contribution in [0.15, 0.2) is 36.4 Å². The predicted octanol–water partition coefficient (Wildman–Crippen LogP) is 3.53. The first kappa shape index (κ1) is 14.1. The normalized spacial score (nSPS) is 10.2. The molecular formula is C16H15FO3. The molecule has 3 nitrogen and oxygen atoms in total. The van der Waals surface area contributed by atoms with Gasteiger partial charge in [-0.05, 0) is 48.4 Å². The highest BCUT2D eigenvalue weighted by Crippen LogP contribution is 2.28. The number of benzene rings is 2. The monoisotopic (exact) mass is 274 g/mol. The second-order valence-electron chi connectivity index (χ2n) is 4.39. The van der Waals surface area contributed by atoms with E-state index in [9.17, 15) is 9.18 Å².